The van der Waals surface area contributed by atoms with E-state index in [1.165, 1.54) is 70.6 Å². The third-order valence-electron chi connectivity index (χ3n) is 5.80. The van der Waals surface area contributed by atoms with Crippen molar-refractivity contribution in [2.75, 3.05) is 0 Å². The van der Waals surface area contributed by atoms with Gasteiger partial charge in [0.1, 0.15) is 11.6 Å². The largest absolute Gasteiger partial charge is 0.481 e. The zero-order valence-corrected chi connectivity index (χ0v) is 19.7. The van der Waals surface area contributed by atoms with Crippen molar-refractivity contribution in [3.05, 3.63) is 0 Å². The van der Waals surface area contributed by atoms with Crippen LogP contribution >= 0.6 is 0 Å². The van der Waals surface area contributed by atoms with E-state index in [9.17, 15) is 14.4 Å². The fourth-order valence-corrected chi connectivity index (χ4v) is 3.87. The van der Waals surface area contributed by atoms with Crippen molar-refractivity contribution in [3.8, 4) is 0 Å². The minimum absolute atomic E-state index is 0.130. The molecule has 30 heavy (non-hydrogen) atoms. The van der Waals surface area contributed by atoms with Crippen molar-refractivity contribution >= 4 is 17.5 Å². The number of rotatable bonds is 24. The molecule has 0 unspecified atom stereocenters. The maximum Gasteiger partial charge on any atom is 0.303 e. The Balaban J connectivity index is 3.31. The predicted octanol–water partition coefficient (Wildman–Crippen LogP) is 7.81. The molecule has 0 radical (unpaired) electrons. The van der Waals surface area contributed by atoms with Crippen LogP contribution in [-0.4, -0.2) is 22.6 Å². The van der Waals surface area contributed by atoms with Crippen molar-refractivity contribution in [2.45, 2.75) is 148 Å². The summed E-state index contributed by atoms with van der Waals surface area (Å²) in [7, 11) is 0. The summed E-state index contributed by atoms with van der Waals surface area (Å²) < 4.78 is 0. The smallest absolute Gasteiger partial charge is 0.303 e. The number of aliphatic carboxylic acids is 1. The molecule has 0 fully saturated rings. The molecule has 0 saturated carbocycles. The molecule has 4 nitrogen and oxygen atoms in total. The lowest BCUT2D eigenvalue weighted by molar-refractivity contribution is -0.137. The summed E-state index contributed by atoms with van der Waals surface area (Å²) in [6, 6.07) is 0. The second kappa shape index (κ2) is 22.5. The third kappa shape index (κ3) is 23.1. The number of unbranched alkanes of at least 4 members (excludes halogenated alkanes) is 16. The Morgan fingerprint density at radius 1 is 0.467 bits per heavy atom. The van der Waals surface area contributed by atoms with Gasteiger partial charge in [0.25, 0.3) is 0 Å². The van der Waals surface area contributed by atoms with Crippen molar-refractivity contribution < 1.29 is 19.5 Å². The predicted molar refractivity (Wildman–Crippen MR) is 125 cm³/mol. The first-order valence-corrected chi connectivity index (χ1v) is 12.8. The van der Waals surface area contributed by atoms with Gasteiger partial charge in [0, 0.05) is 19.3 Å². The lowest BCUT2D eigenvalue weighted by Crippen LogP contribution is -2.07. The lowest BCUT2D eigenvalue weighted by atomic mass is 10.0. The average molecular weight is 425 g/mol. The van der Waals surface area contributed by atoms with Crippen LogP contribution in [0.15, 0.2) is 0 Å². The molecule has 0 saturated heterocycles. The van der Waals surface area contributed by atoms with Gasteiger partial charge in [0.05, 0.1) is 6.42 Å². The molecule has 0 atom stereocenters. The molecule has 0 bridgehead atoms. The number of carbonyl (C=O) groups excluding carboxylic acids is 2. The molecule has 0 aliphatic heterocycles. The van der Waals surface area contributed by atoms with E-state index in [1.54, 1.807) is 0 Å². The van der Waals surface area contributed by atoms with E-state index >= 15 is 0 Å². The Labute approximate surface area is 185 Å². The molecule has 0 amide bonds. The number of carboxylic acid groups (broad SMARTS) is 1. The average Bonchev–Trinajstić information content (AvgIpc) is 2.70. The zero-order chi connectivity index (χ0) is 22.3. The van der Waals surface area contributed by atoms with Gasteiger partial charge < -0.3 is 5.11 Å². The first-order valence-electron chi connectivity index (χ1n) is 12.8. The topological polar surface area (TPSA) is 71.4 Å². The van der Waals surface area contributed by atoms with E-state index in [2.05, 4.69) is 6.92 Å². The van der Waals surface area contributed by atoms with Crippen molar-refractivity contribution in [2.24, 2.45) is 0 Å². The van der Waals surface area contributed by atoms with Crippen molar-refractivity contribution in [3.63, 3.8) is 0 Å². The number of hydrogen-bond donors (Lipinski definition) is 1. The van der Waals surface area contributed by atoms with Gasteiger partial charge >= 0.3 is 5.97 Å². The molecule has 0 spiro atoms. The molecule has 0 aromatic carbocycles. The Bertz CT molecular complexity index is 431. The number of ketones is 2. The molecule has 1 N–H and O–H groups in total. The summed E-state index contributed by atoms with van der Waals surface area (Å²) in [6.45, 7) is 2.22. The highest BCUT2D eigenvalue weighted by Gasteiger charge is 2.09. The van der Waals surface area contributed by atoms with E-state index < -0.39 is 5.97 Å². The minimum atomic E-state index is -0.688. The van der Waals surface area contributed by atoms with Gasteiger partial charge in [-0.3, -0.25) is 14.4 Å². The highest BCUT2D eigenvalue weighted by Crippen LogP contribution is 2.14. The number of carbonyl (C=O) groups is 3. The van der Waals surface area contributed by atoms with Gasteiger partial charge in [-0.15, -0.1) is 0 Å². The first kappa shape index (κ1) is 28.8. The highest BCUT2D eigenvalue weighted by molar-refractivity contribution is 5.98. The molecule has 0 aliphatic rings. The van der Waals surface area contributed by atoms with E-state index in [-0.39, 0.29) is 18.0 Å². The summed E-state index contributed by atoms with van der Waals surface area (Å²) in [5.74, 6) is -0.422. The Kier molecular flexibility index (Phi) is 21.6. The monoisotopic (exact) mass is 424 g/mol. The summed E-state index contributed by atoms with van der Waals surface area (Å²) in [6.07, 6.45) is 22.4. The van der Waals surface area contributed by atoms with Crippen molar-refractivity contribution in [1.29, 1.82) is 0 Å². The molecular formula is C26H48O4. The summed E-state index contributed by atoms with van der Waals surface area (Å²) in [4.78, 5) is 34.2. The fourth-order valence-electron chi connectivity index (χ4n) is 3.87. The van der Waals surface area contributed by atoms with Gasteiger partial charge in [0.2, 0.25) is 0 Å². The van der Waals surface area contributed by atoms with Crippen LogP contribution in [0.25, 0.3) is 0 Å². The SMILES string of the molecule is CCCCCCCCCC(=O)CC(=O)CCCCCCCCCCCCCC(=O)O. The molecule has 0 aliphatic carbocycles. The molecule has 0 rings (SSSR count). The van der Waals surface area contributed by atoms with Crippen LogP contribution in [-0.2, 0) is 14.4 Å². The van der Waals surface area contributed by atoms with E-state index in [0.717, 1.165) is 44.9 Å². The van der Waals surface area contributed by atoms with Crippen LogP contribution in [0.3, 0.4) is 0 Å². The Morgan fingerprint density at radius 3 is 1.10 bits per heavy atom. The summed E-state index contributed by atoms with van der Waals surface area (Å²) >= 11 is 0. The van der Waals surface area contributed by atoms with Gasteiger partial charge in [0.15, 0.2) is 0 Å². The number of carboxylic acids is 1. The minimum Gasteiger partial charge on any atom is -0.481 e. The van der Waals surface area contributed by atoms with Gasteiger partial charge in [-0.2, -0.15) is 0 Å². The van der Waals surface area contributed by atoms with Gasteiger partial charge in [-0.1, -0.05) is 103 Å². The fraction of sp³-hybridized carbons (Fsp3) is 0.885. The molecule has 0 aromatic heterocycles. The molecule has 4 heteroatoms. The van der Waals surface area contributed by atoms with Crippen LogP contribution in [0.1, 0.15) is 148 Å². The van der Waals surface area contributed by atoms with E-state index in [4.69, 9.17) is 5.11 Å². The second-order valence-electron chi connectivity index (χ2n) is 8.91. The second-order valence-corrected chi connectivity index (χ2v) is 8.91. The van der Waals surface area contributed by atoms with E-state index in [1.807, 2.05) is 0 Å². The van der Waals surface area contributed by atoms with Crippen molar-refractivity contribution in [1.82, 2.24) is 0 Å². The van der Waals surface area contributed by atoms with E-state index in [0.29, 0.717) is 19.3 Å². The van der Waals surface area contributed by atoms with Crippen LogP contribution in [0.4, 0.5) is 0 Å². The quantitative estimate of drug-likeness (QED) is 0.127. The normalized spacial score (nSPS) is 11.0. The first-order chi connectivity index (χ1) is 14.6. The van der Waals surface area contributed by atoms with Crippen LogP contribution in [0.2, 0.25) is 0 Å². The molecule has 0 heterocycles. The maximum atomic E-state index is 11.9. The molecule has 176 valence electrons. The third-order valence-corrected chi connectivity index (χ3v) is 5.80. The van der Waals surface area contributed by atoms with Gasteiger partial charge in [-0.05, 0) is 19.3 Å². The van der Waals surface area contributed by atoms with Crippen LogP contribution in [0.5, 0.6) is 0 Å². The van der Waals surface area contributed by atoms with Crippen LogP contribution < -0.4 is 0 Å². The number of Topliss-reactive ketones (excluding diaryl/α,β-unsaturated/α-hetero) is 2. The lowest BCUT2D eigenvalue weighted by Gasteiger charge is -2.04. The van der Waals surface area contributed by atoms with Crippen LogP contribution in [0, 0.1) is 0 Å². The summed E-state index contributed by atoms with van der Waals surface area (Å²) in [5.41, 5.74) is 0. The molecular weight excluding hydrogens is 376 g/mol. The molecule has 0 aromatic rings. The summed E-state index contributed by atoms with van der Waals surface area (Å²) in [5, 5.41) is 8.58. The van der Waals surface area contributed by atoms with Gasteiger partial charge in [-0.25, -0.2) is 0 Å². The number of hydrogen-bond acceptors (Lipinski definition) is 3. The highest BCUT2D eigenvalue weighted by atomic mass is 16.4. The Morgan fingerprint density at radius 2 is 0.767 bits per heavy atom. The zero-order valence-electron chi connectivity index (χ0n) is 19.7. The standard InChI is InChI=1S/C26H48O4/c1-2-3-4-5-11-14-17-20-24(27)23-25(28)21-18-15-12-9-7-6-8-10-13-16-19-22-26(29)30/h2-23H2,1H3,(H,29,30). The maximum absolute atomic E-state index is 11.9. The Hall–Kier alpha value is -1.19.